The van der Waals surface area contributed by atoms with E-state index in [1.165, 1.54) is 0 Å². The van der Waals surface area contributed by atoms with Gasteiger partial charge in [-0.1, -0.05) is 0 Å². The maximum Gasteiger partial charge on any atom is 0.223 e. The van der Waals surface area contributed by atoms with Gasteiger partial charge in [-0.2, -0.15) is 0 Å². The highest BCUT2D eigenvalue weighted by atomic mass is 35.5. The molecule has 1 saturated heterocycles. The Morgan fingerprint density at radius 2 is 1.69 bits per heavy atom. The first-order chi connectivity index (χ1) is 6.65. The molecule has 0 spiro atoms. The molecule has 1 aliphatic heterocycles. The summed E-state index contributed by atoms with van der Waals surface area (Å²) in [4.78, 5) is 15.8. The minimum atomic E-state index is 0. The Bertz CT molecular complexity index is 195. The van der Waals surface area contributed by atoms with Gasteiger partial charge in [0.2, 0.25) is 5.91 Å². The SMILES string of the molecule is CC(C)N1CCN(C(=O)CCN)CC1.Cl.Cl. The maximum absolute atomic E-state index is 11.5. The monoisotopic (exact) mass is 271 g/mol. The van der Waals surface area contributed by atoms with E-state index in [0.29, 0.717) is 19.0 Å². The van der Waals surface area contributed by atoms with Crippen LogP contribution in [0.2, 0.25) is 0 Å². The average molecular weight is 272 g/mol. The number of carbonyl (C=O) groups is 1. The fourth-order valence-corrected chi connectivity index (χ4v) is 1.77. The van der Waals surface area contributed by atoms with E-state index >= 15 is 0 Å². The number of rotatable bonds is 3. The van der Waals surface area contributed by atoms with Gasteiger partial charge in [-0.15, -0.1) is 24.8 Å². The van der Waals surface area contributed by atoms with Crippen LogP contribution >= 0.6 is 24.8 Å². The normalized spacial score (nSPS) is 16.6. The van der Waals surface area contributed by atoms with Crippen LogP contribution < -0.4 is 5.73 Å². The van der Waals surface area contributed by atoms with Crippen molar-refractivity contribution in [3.63, 3.8) is 0 Å². The van der Waals surface area contributed by atoms with E-state index in [2.05, 4.69) is 18.7 Å². The fourth-order valence-electron chi connectivity index (χ4n) is 1.77. The molecule has 0 saturated carbocycles. The Morgan fingerprint density at radius 3 is 2.06 bits per heavy atom. The molecule has 0 atom stereocenters. The smallest absolute Gasteiger partial charge is 0.223 e. The van der Waals surface area contributed by atoms with Crippen molar-refractivity contribution < 1.29 is 4.79 Å². The summed E-state index contributed by atoms with van der Waals surface area (Å²) in [5, 5.41) is 0. The summed E-state index contributed by atoms with van der Waals surface area (Å²) >= 11 is 0. The van der Waals surface area contributed by atoms with Crippen molar-refractivity contribution in [3.8, 4) is 0 Å². The molecule has 0 radical (unpaired) electrons. The quantitative estimate of drug-likeness (QED) is 0.824. The third-order valence-corrected chi connectivity index (χ3v) is 2.76. The molecule has 1 fully saturated rings. The van der Waals surface area contributed by atoms with Crippen LogP contribution in [0.25, 0.3) is 0 Å². The molecule has 1 amide bonds. The van der Waals surface area contributed by atoms with Crippen molar-refractivity contribution in [2.75, 3.05) is 32.7 Å². The lowest BCUT2D eigenvalue weighted by molar-refractivity contribution is -0.132. The van der Waals surface area contributed by atoms with E-state index < -0.39 is 0 Å². The Morgan fingerprint density at radius 1 is 1.19 bits per heavy atom. The lowest BCUT2D eigenvalue weighted by Gasteiger charge is -2.36. The molecule has 0 aromatic heterocycles. The molecule has 1 aliphatic rings. The van der Waals surface area contributed by atoms with E-state index in [1.807, 2.05) is 4.90 Å². The van der Waals surface area contributed by atoms with E-state index in [9.17, 15) is 4.79 Å². The van der Waals surface area contributed by atoms with Gasteiger partial charge >= 0.3 is 0 Å². The molecule has 4 nitrogen and oxygen atoms in total. The van der Waals surface area contributed by atoms with Crippen molar-refractivity contribution in [1.29, 1.82) is 0 Å². The topological polar surface area (TPSA) is 49.6 Å². The molecule has 0 aliphatic carbocycles. The first-order valence-corrected chi connectivity index (χ1v) is 5.37. The van der Waals surface area contributed by atoms with Crippen LogP contribution in [-0.2, 0) is 4.79 Å². The van der Waals surface area contributed by atoms with Gasteiger partial charge in [0.15, 0.2) is 0 Å². The predicted octanol–water partition coefficient (Wildman–Crippen LogP) is 0.731. The van der Waals surface area contributed by atoms with Crippen LogP contribution in [-0.4, -0.2) is 54.5 Å². The van der Waals surface area contributed by atoms with Gasteiger partial charge in [0, 0.05) is 45.2 Å². The van der Waals surface area contributed by atoms with E-state index in [-0.39, 0.29) is 30.7 Å². The van der Waals surface area contributed by atoms with Gasteiger partial charge in [0.1, 0.15) is 0 Å². The van der Waals surface area contributed by atoms with Crippen molar-refractivity contribution in [1.82, 2.24) is 9.80 Å². The van der Waals surface area contributed by atoms with E-state index in [1.54, 1.807) is 0 Å². The molecule has 0 bridgehead atoms. The number of nitrogens with two attached hydrogens (primary N) is 1. The van der Waals surface area contributed by atoms with Crippen LogP contribution in [0, 0.1) is 0 Å². The predicted molar refractivity (Wildman–Crippen MR) is 71.5 cm³/mol. The highest BCUT2D eigenvalue weighted by Crippen LogP contribution is 2.06. The Kier molecular flexibility index (Phi) is 10.4. The molecule has 2 N–H and O–H groups in total. The number of halogens is 2. The molecule has 1 rings (SSSR count). The summed E-state index contributed by atoms with van der Waals surface area (Å²) in [7, 11) is 0. The largest absolute Gasteiger partial charge is 0.340 e. The summed E-state index contributed by atoms with van der Waals surface area (Å²) in [5.74, 6) is 0.205. The molecular weight excluding hydrogens is 249 g/mol. The van der Waals surface area contributed by atoms with E-state index in [4.69, 9.17) is 5.73 Å². The molecule has 1 heterocycles. The third-order valence-electron chi connectivity index (χ3n) is 2.76. The van der Waals surface area contributed by atoms with Crippen LogP contribution in [0.1, 0.15) is 20.3 Å². The average Bonchev–Trinajstić information content (AvgIpc) is 2.18. The van der Waals surface area contributed by atoms with Gasteiger partial charge in [-0.3, -0.25) is 9.69 Å². The minimum absolute atomic E-state index is 0. The van der Waals surface area contributed by atoms with Crippen LogP contribution in [0.5, 0.6) is 0 Å². The summed E-state index contributed by atoms with van der Waals surface area (Å²) in [6.45, 7) is 8.55. The number of carbonyl (C=O) groups excluding carboxylic acids is 1. The first-order valence-electron chi connectivity index (χ1n) is 5.37. The van der Waals surface area contributed by atoms with Crippen molar-refractivity contribution in [2.45, 2.75) is 26.3 Å². The number of nitrogens with zero attached hydrogens (tertiary/aromatic N) is 2. The van der Waals surface area contributed by atoms with Crippen LogP contribution in [0.3, 0.4) is 0 Å². The Hall–Kier alpha value is -0.0300. The second-order valence-electron chi connectivity index (χ2n) is 4.05. The van der Waals surface area contributed by atoms with Crippen LogP contribution in [0.4, 0.5) is 0 Å². The molecule has 6 heteroatoms. The van der Waals surface area contributed by atoms with Gasteiger partial charge in [-0.05, 0) is 13.8 Å². The zero-order valence-corrected chi connectivity index (χ0v) is 11.6. The first kappa shape index (κ1) is 18.3. The molecule has 0 aromatic carbocycles. The second kappa shape index (κ2) is 9.05. The van der Waals surface area contributed by atoms with Gasteiger partial charge in [0.05, 0.1) is 0 Å². The zero-order chi connectivity index (χ0) is 10.6. The van der Waals surface area contributed by atoms with Crippen molar-refractivity contribution in [2.24, 2.45) is 5.73 Å². The standard InChI is InChI=1S/C10H21N3O.2ClH/c1-9(2)12-5-7-13(8-6-12)10(14)3-4-11;;/h9H,3-8,11H2,1-2H3;2*1H. The van der Waals surface area contributed by atoms with Crippen LogP contribution in [0.15, 0.2) is 0 Å². The Balaban J connectivity index is 0. The van der Waals surface area contributed by atoms with Gasteiger partial charge < -0.3 is 10.6 Å². The molecule has 0 aromatic rings. The van der Waals surface area contributed by atoms with Crippen molar-refractivity contribution in [3.05, 3.63) is 0 Å². The summed E-state index contributed by atoms with van der Waals surface area (Å²) in [6.07, 6.45) is 0.488. The zero-order valence-electron chi connectivity index (χ0n) is 10.0. The molecule has 98 valence electrons. The van der Waals surface area contributed by atoms with Crippen molar-refractivity contribution >= 4 is 30.7 Å². The minimum Gasteiger partial charge on any atom is -0.340 e. The fraction of sp³-hybridized carbons (Fsp3) is 0.900. The summed E-state index contributed by atoms with van der Waals surface area (Å²) < 4.78 is 0. The number of hydrogen-bond donors (Lipinski definition) is 1. The Labute approximate surface area is 110 Å². The highest BCUT2D eigenvalue weighted by molar-refractivity contribution is 5.85. The molecular formula is C10H23Cl2N3O. The third kappa shape index (κ3) is 5.34. The molecule has 16 heavy (non-hydrogen) atoms. The van der Waals surface area contributed by atoms with E-state index in [0.717, 1.165) is 26.2 Å². The highest BCUT2D eigenvalue weighted by Gasteiger charge is 2.21. The lowest BCUT2D eigenvalue weighted by atomic mass is 10.2. The maximum atomic E-state index is 11.5. The number of piperazine rings is 1. The number of amides is 1. The summed E-state index contributed by atoms with van der Waals surface area (Å²) in [6, 6.07) is 0.585. The summed E-state index contributed by atoms with van der Waals surface area (Å²) in [5.41, 5.74) is 5.35. The lowest BCUT2D eigenvalue weighted by Crippen LogP contribution is -2.50. The second-order valence-corrected chi connectivity index (χ2v) is 4.05. The number of hydrogen-bond acceptors (Lipinski definition) is 3. The van der Waals surface area contributed by atoms with Gasteiger partial charge in [0.25, 0.3) is 0 Å². The van der Waals surface area contributed by atoms with Gasteiger partial charge in [-0.25, -0.2) is 0 Å². The molecule has 0 unspecified atom stereocenters.